The Morgan fingerprint density at radius 3 is 2.60 bits per heavy atom. The third kappa shape index (κ3) is 4.43. The van der Waals surface area contributed by atoms with Gasteiger partial charge in [0, 0.05) is 12.1 Å². The third-order valence-electron chi connectivity index (χ3n) is 3.65. The Bertz CT molecular complexity index is 745. The second kappa shape index (κ2) is 8.21. The monoisotopic (exact) mass is 380 g/mol. The number of aliphatic carboxylic acids is 1. The van der Waals surface area contributed by atoms with Crippen molar-refractivity contribution >= 4 is 51.9 Å². The first-order valence-corrected chi connectivity index (χ1v) is 8.82. The van der Waals surface area contributed by atoms with Crippen LogP contribution >= 0.6 is 24.0 Å². The Hall–Kier alpha value is -2.26. The minimum atomic E-state index is -1.08. The third-order valence-corrected chi connectivity index (χ3v) is 4.98. The summed E-state index contributed by atoms with van der Waals surface area (Å²) in [6.07, 6.45) is 3.39. The molecule has 7 nitrogen and oxygen atoms in total. The molecule has 1 N–H and O–H groups in total. The summed E-state index contributed by atoms with van der Waals surface area (Å²) in [6, 6.07) is 4.75. The molecule has 0 saturated carbocycles. The average molecular weight is 380 g/mol. The molecular formula is C16H16N2O5S2. The topological polar surface area (TPSA) is 101 Å². The summed E-state index contributed by atoms with van der Waals surface area (Å²) in [6.45, 7) is 1.94. The van der Waals surface area contributed by atoms with E-state index in [1.807, 2.05) is 6.92 Å². The molecule has 0 radical (unpaired) electrons. The Morgan fingerprint density at radius 1 is 1.44 bits per heavy atom. The van der Waals surface area contributed by atoms with E-state index >= 15 is 0 Å². The summed E-state index contributed by atoms with van der Waals surface area (Å²) in [4.78, 5) is 35.7. The Labute approximate surface area is 153 Å². The summed E-state index contributed by atoms with van der Waals surface area (Å²) in [7, 11) is 0. The SMILES string of the molecule is CCCC[C@@H](C(=O)O)N1C(=O)/C(=C/c2ccc([N+](=O)[O-])cc2)SC1=S. The van der Waals surface area contributed by atoms with Gasteiger partial charge in [0.15, 0.2) is 0 Å². The van der Waals surface area contributed by atoms with Crippen LogP contribution in [0.5, 0.6) is 0 Å². The number of amides is 1. The van der Waals surface area contributed by atoms with Gasteiger partial charge in [0.2, 0.25) is 0 Å². The zero-order valence-corrected chi connectivity index (χ0v) is 15.0. The molecule has 1 aromatic rings. The summed E-state index contributed by atoms with van der Waals surface area (Å²) < 4.78 is 0.210. The number of nitro groups is 1. The van der Waals surface area contributed by atoms with Crippen molar-refractivity contribution in [2.45, 2.75) is 32.2 Å². The first-order chi connectivity index (χ1) is 11.8. The highest BCUT2D eigenvalue weighted by Gasteiger charge is 2.40. The van der Waals surface area contributed by atoms with Gasteiger partial charge in [0.25, 0.3) is 11.6 Å². The van der Waals surface area contributed by atoms with E-state index in [1.165, 1.54) is 24.3 Å². The lowest BCUT2D eigenvalue weighted by atomic mass is 10.1. The number of hydrogen-bond acceptors (Lipinski definition) is 6. The van der Waals surface area contributed by atoms with E-state index < -0.39 is 22.8 Å². The number of unbranched alkanes of at least 4 members (excludes halogenated alkanes) is 1. The van der Waals surface area contributed by atoms with Crippen LogP contribution in [0.1, 0.15) is 31.7 Å². The van der Waals surface area contributed by atoms with E-state index in [2.05, 4.69) is 0 Å². The molecule has 0 aliphatic carbocycles. The van der Waals surface area contributed by atoms with E-state index in [0.29, 0.717) is 23.3 Å². The average Bonchev–Trinajstić information content (AvgIpc) is 2.83. The van der Waals surface area contributed by atoms with Crippen LogP contribution in [0, 0.1) is 10.1 Å². The molecule has 1 aliphatic rings. The number of nitrogens with zero attached hydrogens (tertiary/aromatic N) is 2. The molecule has 2 rings (SSSR count). The highest BCUT2D eigenvalue weighted by Crippen LogP contribution is 2.35. The van der Waals surface area contributed by atoms with Crippen molar-refractivity contribution in [1.82, 2.24) is 4.90 Å². The number of carbonyl (C=O) groups is 2. The number of nitro benzene ring substituents is 1. The van der Waals surface area contributed by atoms with Crippen molar-refractivity contribution in [2.75, 3.05) is 0 Å². The van der Waals surface area contributed by atoms with Crippen LogP contribution in [0.25, 0.3) is 6.08 Å². The fraction of sp³-hybridized carbons (Fsp3) is 0.312. The van der Waals surface area contributed by atoms with Crippen LogP contribution in [0.3, 0.4) is 0 Å². The number of carboxylic acid groups (broad SMARTS) is 1. The molecule has 1 aromatic carbocycles. The molecular weight excluding hydrogens is 364 g/mol. The summed E-state index contributed by atoms with van der Waals surface area (Å²) in [5.74, 6) is -1.53. The van der Waals surface area contributed by atoms with Gasteiger partial charge in [-0.3, -0.25) is 19.8 Å². The molecule has 1 fully saturated rings. The van der Waals surface area contributed by atoms with Crippen molar-refractivity contribution < 1.29 is 19.6 Å². The minimum Gasteiger partial charge on any atom is -0.480 e. The lowest BCUT2D eigenvalue weighted by Gasteiger charge is -2.22. The fourth-order valence-electron chi connectivity index (χ4n) is 2.35. The van der Waals surface area contributed by atoms with Crippen molar-refractivity contribution in [3.63, 3.8) is 0 Å². The zero-order valence-electron chi connectivity index (χ0n) is 13.4. The molecule has 1 amide bonds. The van der Waals surface area contributed by atoms with Crippen LogP contribution in [0.15, 0.2) is 29.2 Å². The van der Waals surface area contributed by atoms with Crippen molar-refractivity contribution in [2.24, 2.45) is 0 Å². The highest BCUT2D eigenvalue weighted by molar-refractivity contribution is 8.26. The predicted octanol–water partition coefficient (Wildman–Crippen LogP) is 3.44. The van der Waals surface area contributed by atoms with Gasteiger partial charge < -0.3 is 5.11 Å². The van der Waals surface area contributed by atoms with Gasteiger partial charge in [-0.1, -0.05) is 43.7 Å². The first-order valence-electron chi connectivity index (χ1n) is 7.59. The second-order valence-corrected chi connectivity index (χ2v) is 7.07. The summed E-state index contributed by atoms with van der Waals surface area (Å²) in [5, 5.41) is 20.1. The highest BCUT2D eigenvalue weighted by atomic mass is 32.2. The van der Waals surface area contributed by atoms with Gasteiger partial charge in [-0.2, -0.15) is 0 Å². The van der Waals surface area contributed by atoms with Gasteiger partial charge >= 0.3 is 5.97 Å². The van der Waals surface area contributed by atoms with Crippen LogP contribution in [0.2, 0.25) is 0 Å². The largest absolute Gasteiger partial charge is 0.480 e. The molecule has 1 aliphatic heterocycles. The maximum Gasteiger partial charge on any atom is 0.326 e. The van der Waals surface area contributed by atoms with Gasteiger partial charge in [0.05, 0.1) is 9.83 Å². The number of thiocarbonyl (C=S) groups is 1. The molecule has 0 bridgehead atoms. The number of benzene rings is 1. The lowest BCUT2D eigenvalue weighted by molar-refractivity contribution is -0.384. The summed E-state index contributed by atoms with van der Waals surface area (Å²) in [5.41, 5.74) is 0.557. The van der Waals surface area contributed by atoms with E-state index in [1.54, 1.807) is 6.08 Å². The van der Waals surface area contributed by atoms with Crippen molar-refractivity contribution in [3.8, 4) is 0 Å². The number of thioether (sulfide) groups is 1. The van der Waals surface area contributed by atoms with Crippen molar-refractivity contribution in [1.29, 1.82) is 0 Å². The standard InChI is InChI=1S/C16H16N2O5S2/c1-2-3-4-12(15(20)21)17-14(19)13(25-16(17)24)9-10-5-7-11(8-6-10)18(22)23/h5-9,12H,2-4H2,1H3,(H,20,21)/b13-9-/t12-/m0/s1. The van der Waals surface area contributed by atoms with E-state index in [0.717, 1.165) is 23.1 Å². The van der Waals surface area contributed by atoms with Crippen LogP contribution in [-0.2, 0) is 9.59 Å². The van der Waals surface area contributed by atoms with Crippen molar-refractivity contribution in [3.05, 3.63) is 44.8 Å². The lowest BCUT2D eigenvalue weighted by Crippen LogP contribution is -2.43. The quantitative estimate of drug-likeness (QED) is 0.335. The smallest absolute Gasteiger partial charge is 0.326 e. The molecule has 0 spiro atoms. The number of rotatable bonds is 7. The normalized spacial score (nSPS) is 17.2. The van der Waals surface area contributed by atoms with Crippen LogP contribution < -0.4 is 0 Å². The fourth-order valence-corrected chi connectivity index (χ4v) is 3.71. The zero-order chi connectivity index (χ0) is 18.6. The van der Waals surface area contributed by atoms with Gasteiger partial charge in [-0.25, -0.2) is 4.79 Å². The molecule has 132 valence electrons. The van der Waals surface area contributed by atoms with Gasteiger partial charge in [0.1, 0.15) is 10.4 Å². The first kappa shape index (κ1) is 19.1. The van der Waals surface area contributed by atoms with E-state index in [-0.39, 0.29) is 10.0 Å². The Morgan fingerprint density at radius 2 is 2.08 bits per heavy atom. The predicted molar refractivity (Wildman–Crippen MR) is 99.1 cm³/mol. The molecule has 0 unspecified atom stereocenters. The minimum absolute atomic E-state index is 0.0461. The van der Waals surface area contributed by atoms with E-state index in [4.69, 9.17) is 12.2 Å². The van der Waals surface area contributed by atoms with Crippen LogP contribution in [0.4, 0.5) is 5.69 Å². The molecule has 1 heterocycles. The maximum absolute atomic E-state index is 12.6. The van der Waals surface area contributed by atoms with Crippen LogP contribution in [-0.4, -0.2) is 37.2 Å². The maximum atomic E-state index is 12.6. The molecule has 1 atom stereocenters. The Balaban J connectivity index is 2.24. The van der Waals surface area contributed by atoms with E-state index in [9.17, 15) is 24.8 Å². The number of carboxylic acids is 1. The number of hydrogen-bond donors (Lipinski definition) is 1. The number of carbonyl (C=O) groups excluding carboxylic acids is 1. The molecule has 0 aromatic heterocycles. The molecule has 9 heteroatoms. The Kier molecular flexibility index (Phi) is 6.27. The summed E-state index contributed by atoms with van der Waals surface area (Å²) >= 11 is 6.22. The molecule has 25 heavy (non-hydrogen) atoms. The number of non-ortho nitro benzene ring substituents is 1. The molecule has 1 saturated heterocycles. The van der Waals surface area contributed by atoms with Gasteiger partial charge in [-0.15, -0.1) is 0 Å². The second-order valence-electron chi connectivity index (χ2n) is 5.40. The van der Waals surface area contributed by atoms with Gasteiger partial charge in [-0.05, 0) is 30.2 Å².